The van der Waals surface area contributed by atoms with Crippen LogP contribution in [-0.4, -0.2) is 29.9 Å². The number of nitro benzene ring substituents is 1. The molecule has 1 atom stereocenters. The first-order chi connectivity index (χ1) is 15.6. The van der Waals surface area contributed by atoms with Gasteiger partial charge in [-0.25, -0.2) is 0 Å². The van der Waals surface area contributed by atoms with Crippen LogP contribution in [0.4, 0.5) is 32.0 Å². The molecular weight excluding hydrogens is 476 g/mol. The highest BCUT2D eigenvalue weighted by atomic mass is 19.4. The number of rotatable bonds is 8. The van der Waals surface area contributed by atoms with Crippen molar-refractivity contribution in [2.45, 2.75) is 31.2 Å². The number of hydrogen-bond acceptors (Lipinski definition) is 5. The van der Waals surface area contributed by atoms with Gasteiger partial charge in [0.25, 0.3) is 5.69 Å². The first-order valence-electron chi connectivity index (χ1n) is 9.30. The summed E-state index contributed by atoms with van der Waals surface area (Å²) in [5.74, 6) is -2.07. The van der Waals surface area contributed by atoms with Crippen LogP contribution in [0.1, 0.15) is 22.3 Å². The lowest BCUT2D eigenvalue weighted by Crippen LogP contribution is -2.46. The molecule has 34 heavy (non-hydrogen) atoms. The average Bonchev–Trinajstić information content (AvgIpc) is 2.71. The second kappa shape index (κ2) is 9.97. The topological polar surface area (TPSA) is 125 Å². The van der Waals surface area contributed by atoms with Gasteiger partial charge in [-0.2, -0.15) is 26.3 Å². The summed E-state index contributed by atoms with van der Waals surface area (Å²) in [6.45, 7) is 0. The molecule has 0 spiro atoms. The van der Waals surface area contributed by atoms with Crippen LogP contribution in [-0.2, 0) is 34.8 Å². The van der Waals surface area contributed by atoms with E-state index in [1.54, 1.807) is 0 Å². The molecule has 0 fully saturated rings. The van der Waals surface area contributed by atoms with E-state index < -0.39 is 58.2 Å². The van der Waals surface area contributed by atoms with E-state index in [-0.39, 0.29) is 29.5 Å². The maximum absolute atomic E-state index is 13.0. The minimum atomic E-state index is -5.10. The maximum atomic E-state index is 13.0. The van der Waals surface area contributed by atoms with Crippen molar-refractivity contribution in [2.24, 2.45) is 5.73 Å². The second-order valence-corrected chi connectivity index (χ2v) is 7.07. The Morgan fingerprint density at radius 3 is 2.06 bits per heavy atom. The van der Waals surface area contributed by atoms with Crippen molar-refractivity contribution in [3.05, 3.63) is 68.8 Å². The van der Waals surface area contributed by atoms with Gasteiger partial charge in [-0.3, -0.25) is 19.7 Å². The van der Waals surface area contributed by atoms with E-state index >= 15 is 0 Å². The molecule has 2 aromatic rings. The zero-order valence-electron chi connectivity index (χ0n) is 17.3. The fraction of sp³-hybridized carbons (Fsp3) is 0.300. The summed E-state index contributed by atoms with van der Waals surface area (Å²) in [6.07, 6.45) is -11.5. The van der Waals surface area contributed by atoms with Crippen molar-refractivity contribution in [1.29, 1.82) is 0 Å². The zero-order valence-corrected chi connectivity index (χ0v) is 17.3. The molecule has 8 nitrogen and oxygen atoms in total. The van der Waals surface area contributed by atoms with Gasteiger partial charge in [0.2, 0.25) is 11.8 Å². The van der Waals surface area contributed by atoms with Crippen molar-refractivity contribution < 1.29 is 45.6 Å². The predicted octanol–water partition coefficient (Wildman–Crippen LogP) is 3.40. The fourth-order valence-corrected chi connectivity index (χ4v) is 3.03. The van der Waals surface area contributed by atoms with Crippen molar-refractivity contribution in [3.63, 3.8) is 0 Å². The molecule has 0 aliphatic carbocycles. The Morgan fingerprint density at radius 2 is 1.62 bits per heavy atom. The third-order valence-electron chi connectivity index (χ3n) is 4.59. The quantitative estimate of drug-likeness (QED) is 0.331. The molecule has 2 aromatic carbocycles. The lowest BCUT2D eigenvalue weighted by atomic mass is 10.0. The van der Waals surface area contributed by atoms with Gasteiger partial charge in [-0.1, -0.05) is 0 Å². The summed E-state index contributed by atoms with van der Waals surface area (Å²) in [5.41, 5.74) is 1.21. The van der Waals surface area contributed by atoms with Crippen LogP contribution in [0.5, 0.6) is 5.75 Å². The molecule has 0 bridgehead atoms. The molecule has 0 unspecified atom stereocenters. The number of primary amides is 1. The second-order valence-electron chi connectivity index (χ2n) is 7.07. The Balaban J connectivity index is 2.29. The van der Waals surface area contributed by atoms with E-state index in [4.69, 9.17) is 10.5 Å². The molecule has 2 amide bonds. The van der Waals surface area contributed by atoms with Crippen molar-refractivity contribution in [1.82, 2.24) is 5.32 Å². The number of non-ortho nitro benzene ring substituents is 1. The Bertz CT molecular complexity index is 1070. The number of carbonyl (C=O) groups is 2. The number of benzene rings is 2. The molecule has 2 rings (SSSR count). The normalized spacial score (nSPS) is 12.7. The summed E-state index contributed by atoms with van der Waals surface area (Å²) in [7, 11) is 1.24. The Kier molecular flexibility index (Phi) is 7.74. The molecule has 0 saturated heterocycles. The molecule has 0 aliphatic rings. The van der Waals surface area contributed by atoms with Gasteiger partial charge in [0, 0.05) is 24.1 Å². The van der Waals surface area contributed by atoms with Crippen LogP contribution in [0, 0.1) is 10.1 Å². The SMILES string of the molecule is COc1ccc([N+](=O)[O-])cc1C[C@@H](NC(=O)Cc1cc(C(F)(F)F)cc(C(F)(F)F)c1)C(N)=O. The number of ether oxygens (including phenoxy) is 1. The number of nitrogens with zero attached hydrogens (tertiary/aromatic N) is 1. The number of hydrogen-bond donors (Lipinski definition) is 2. The number of methoxy groups -OCH3 is 1. The monoisotopic (exact) mass is 493 g/mol. The van der Waals surface area contributed by atoms with E-state index in [2.05, 4.69) is 5.32 Å². The Labute approximate surface area is 187 Å². The van der Waals surface area contributed by atoms with Gasteiger partial charge in [0.1, 0.15) is 11.8 Å². The van der Waals surface area contributed by atoms with Gasteiger partial charge in [-0.05, 0) is 29.8 Å². The summed E-state index contributed by atoms with van der Waals surface area (Å²) in [5, 5.41) is 13.1. The van der Waals surface area contributed by atoms with E-state index in [1.165, 1.54) is 13.2 Å². The highest BCUT2D eigenvalue weighted by molar-refractivity contribution is 5.87. The highest BCUT2D eigenvalue weighted by Gasteiger charge is 2.37. The largest absolute Gasteiger partial charge is 0.496 e. The third-order valence-corrected chi connectivity index (χ3v) is 4.59. The standard InChI is InChI=1S/C20H17F6N3O5/c1-34-16-3-2-14(29(32)33)7-11(16)8-15(18(27)31)28-17(30)6-10-4-12(19(21,22)23)9-13(5-10)20(24,25)26/h2-5,7,9,15H,6,8H2,1H3,(H2,27,31)(H,28,30)/t15-/m1/s1. The molecule has 0 aliphatic heterocycles. The van der Waals surface area contributed by atoms with Gasteiger partial charge in [0.05, 0.1) is 29.6 Å². The number of alkyl halides is 6. The first kappa shape index (κ1) is 26.4. The fourth-order valence-electron chi connectivity index (χ4n) is 3.03. The minimum absolute atomic E-state index is 0.0811. The van der Waals surface area contributed by atoms with Crippen LogP contribution in [0.2, 0.25) is 0 Å². The van der Waals surface area contributed by atoms with Crippen LogP contribution >= 0.6 is 0 Å². The van der Waals surface area contributed by atoms with Gasteiger partial charge in [-0.15, -0.1) is 0 Å². The molecular formula is C20H17F6N3O5. The Hall–Kier alpha value is -3.84. The average molecular weight is 493 g/mol. The third kappa shape index (κ3) is 6.83. The summed E-state index contributed by atoms with van der Waals surface area (Å²) < 4.78 is 83.1. The molecule has 14 heteroatoms. The number of nitro groups is 1. The molecule has 0 aromatic heterocycles. The number of amides is 2. The lowest BCUT2D eigenvalue weighted by molar-refractivity contribution is -0.384. The van der Waals surface area contributed by atoms with Crippen molar-refractivity contribution >= 4 is 17.5 Å². The van der Waals surface area contributed by atoms with E-state index in [0.29, 0.717) is 12.1 Å². The van der Waals surface area contributed by atoms with Crippen molar-refractivity contribution in [2.75, 3.05) is 7.11 Å². The van der Waals surface area contributed by atoms with E-state index in [1.807, 2.05) is 0 Å². The van der Waals surface area contributed by atoms with Crippen LogP contribution in [0.15, 0.2) is 36.4 Å². The minimum Gasteiger partial charge on any atom is -0.496 e. The highest BCUT2D eigenvalue weighted by Crippen LogP contribution is 2.36. The molecule has 0 saturated carbocycles. The van der Waals surface area contributed by atoms with E-state index in [0.717, 1.165) is 12.1 Å². The lowest BCUT2D eigenvalue weighted by Gasteiger charge is -2.18. The summed E-state index contributed by atoms with van der Waals surface area (Å²) in [6, 6.07) is 2.65. The summed E-state index contributed by atoms with van der Waals surface area (Å²) in [4.78, 5) is 34.4. The Morgan fingerprint density at radius 1 is 1.06 bits per heavy atom. The number of halogens is 6. The molecule has 3 N–H and O–H groups in total. The van der Waals surface area contributed by atoms with Crippen LogP contribution < -0.4 is 15.8 Å². The number of carbonyl (C=O) groups excluding carboxylic acids is 2. The molecule has 184 valence electrons. The molecule has 0 radical (unpaired) electrons. The van der Waals surface area contributed by atoms with Gasteiger partial charge < -0.3 is 15.8 Å². The zero-order chi connectivity index (χ0) is 25.8. The predicted molar refractivity (Wildman–Crippen MR) is 105 cm³/mol. The van der Waals surface area contributed by atoms with Crippen LogP contribution in [0.25, 0.3) is 0 Å². The van der Waals surface area contributed by atoms with E-state index in [9.17, 15) is 46.0 Å². The number of nitrogens with two attached hydrogens (primary N) is 1. The maximum Gasteiger partial charge on any atom is 0.416 e. The summed E-state index contributed by atoms with van der Waals surface area (Å²) >= 11 is 0. The molecule has 0 heterocycles. The first-order valence-corrected chi connectivity index (χ1v) is 9.30. The van der Waals surface area contributed by atoms with Gasteiger partial charge in [0.15, 0.2) is 0 Å². The van der Waals surface area contributed by atoms with Crippen LogP contribution in [0.3, 0.4) is 0 Å². The van der Waals surface area contributed by atoms with Crippen molar-refractivity contribution in [3.8, 4) is 5.75 Å². The smallest absolute Gasteiger partial charge is 0.416 e. The van der Waals surface area contributed by atoms with Gasteiger partial charge >= 0.3 is 12.4 Å². The number of nitrogens with one attached hydrogen (secondary N) is 1.